The SMILES string of the molecule is CCOc1cc(C=CC(=O)c2ccccc2F)cc(Br)c1O. The molecule has 0 fully saturated rings. The molecule has 2 aromatic rings. The Morgan fingerprint density at radius 2 is 2.09 bits per heavy atom. The van der Waals surface area contributed by atoms with Crippen molar-refractivity contribution in [2.24, 2.45) is 0 Å². The van der Waals surface area contributed by atoms with Crippen LogP contribution >= 0.6 is 15.9 Å². The maximum atomic E-state index is 13.5. The summed E-state index contributed by atoms with van der Waals surface area (Å²) >= 11 is 3.22. The maximum Gasteiger partial charge on any atom is 0.188 e. The number of ketones is 1. The summed E-state index contributed by atoms with van der Waals surface area (Å²) in [5.74, 6) is -0.673. The van der Waals surface area contributed by atoms with Gasteiger partial charge in [-0.3, -0.25) is 4.79 Å². The largest absolute Gasteiger partial charge is 0.503 e. The van der Waals surface area contributed by atoms with Crippen molar-refractivity contribution in [1.82, 2.24) is 0 Å². The van der Waals surface area contributed by atoms with Crippen LogP contribution in [-0.4, -0.2) is 17.5 Å². The Balaban J connectivity index is 2.27. The minimum Gasteiger partial charge on any atom is -0.503 e. The van der Waals surface area contributed by atoms with Crippen molar-refractivity contribution in [2.45, 2.75) is 6.92 Å². The quantitative estimate of drug-likeness (QED) is 0.623. The van der Waals surface area contributed by atoms with Crippen LogP contribution in [0.5, 0.6) is 11.5 Å². The van der Waals surface area contributed by atoms with E-state index >= 15 is 0 Å². The molecule has 0 bridgehead atoms. The third-order valence-electron chi connectivity index (χ3n) is 2.92. The van der Waals surface area contributed by atoms with E-state index in [1.807, 2.05) is 0 Å². The van der Waals surface area contributed by atoms with E-state index in [2.05, 4.69) is 15.9 Å². The van der Waals surface area contributed by atoms with Gasteiger partial charge in [-0.25, -0.2) is 4.39 Å². The summed E-state index contributed by atoms with van der Waals surface area (Å²) < 4.78 is 19.3. The molecule has 0 aromatic heterocycles. The van der Waals surface area contributed by atoms with Gasteiger partial charge in [0.2, 0.25) is 0 Å². The Morgan fingerprint density at radius 1 is 1.36 bits per heavy atom. The molecule has 0 saturated carbocycles. The Hall–Kier alpha value is -2.14. The van der Waals surface area contributed by atoms with E-state index in [0.29, 0.717) is 22.4 Å². The molecular formula is C17H14BrFO3. The molecule has 22 heavy (non-hydrogen) atoms. The van der Waals surface area contributed by atoms with Gasteiger partial charge in [-0.15, -0.1) is 0 Å². The highest BCUT2D eigenvalue weighted by Gasteiger charge is 2.10. The second-order valence-corrected chi connectivity index (χ2v) is 5.31. The molecular weight excluding hydrogens is 351 g/mol. The van der Waals surface area contributed by atoms with Gasteiger partial charge in [0.1, 0.15) is 5.82 Å². The van der Waals surface area contributed by atoms with Crippen LogP contribution in [0.4, 0.5) is 4.39 Å². The fourth-order valence-electron chi connectivity index (χ4n) is 1.88. The second kappa shape index (κ2) is 7.22. The molecule has 0 aliphatic carbocycles. The van der Waals surface area contributed by atoms with Crippen LogP contribution in [0.15, 0.2) is 46.9 Å². The topological polar surface area (TPSA) is 46.5 Å². The number of halogens is 2. The lowest BCUT2D eigenvalue weighted by Gasteiger charge is -2.08. The van der Waals surface area contributed by atoms with Crippen LogP contribution in [0, 0.1) is 5.82 Å². The molecule has 3 nitrogen and oxygen atoms in total. The Labute approximate surface area is 136 Å². The lowest BCUT2D eigenvalue weighted by Crippen LogP contribution is -1.98. The van der Waals surface area contributed by atoms with E-state index < -0.39 is 11.6 Å². The molecule has 0 unspecified atom stereocenters. The van der Waals surface area contributed by atoms with Crippen molar-refractivity contribution >= 4 is 27.8 Å². The number of carbonyl (C=O) groups excluding carboxylic acids is 1. The summed E-state index contributed by atoms with van der Waals surface area (Å²) in [4.78, 5) is 12.0. The minimum atomic E-state index is -0.556. The van der Waals surface area contributed by atoms with E-state index in [1.165, 1.54) is 24.3 Å². The Morgan fingerprint density at radius 3 is 2.77 bits per heavy atom. The van der Waals surface area contributed by atoms with E-state index in [4.69, 9.17) is 4.74 Å². The molecule has 5 heteroatoms. The third-order valence-corrected chi connectivity index (χ3v) is 3.52. The number of aromatic hydroxyl groups is 1. The van der Waals surface area contributed by atoms with Gasteiger partial charge in [-0.05, 0) is 58.8 Å². The summed E-state index contributed by atoms with van der Waals surface area (Å²) in [7, 11) is 0. The first-order valence-corrected chi connectivity index (χ1v) is 7.44. The molecule has 0 spiro atoms. The lowest BCUT2D eigenvalue weighted by atomic mass is 10.1. The number of phenols is 1. The number of hydrogen-bond acceptors (Lipinski definition) is 3. The summed E-state index contributed by atoms with van der Waals surface area (Å²) in [5.41, 5.74) is 0.666. The minimum absolute atomic E-state index is 0.000527. The number of benzene rings is 2. The summed E-state index contributed by atoms with van der Waals surface area (Å²) in [6.07, 6.45) is 2.83. The van der Waals surface area contributed by atoms with Crippen molar-refractivity contribution in [3.05, 3.63) is 63.9 Å². The van der Waals surface area contributed by atoms with Gasteiger partial charge in [-0.1, -0.05) is 18.2 Å². The highest BCUT2D eigenvalue weighted by atomic mass is 79.9. The van der Waals surface area contributed by atoms with Gasteiger partial charge in [0.25, 0.3) is 0 Å². The molecule has 0 amide bonds. The first kappa shape index (κ1) is 16.2. The summed E-state index contributed by atoms with van der Waals surface area (Å²) in [6, 6.07) is 9.05. The fourth-order valence-corrected chi connectivity index (χ4v) is 2.34. The van der Waals surface area contributed by atoms with Crippen LogP contribution in [-0.2, 0) is 0 Å². The Kier molecular flexibility index (Phi) is 5.33. The highest BCUT2D eigenvalue weighted by Crippen LogP contribution is 2.35. The average molecular weight is 365 g/mol. The van der Waals surface area contributed by atoms with Gasteiger partial charge in [0, 0.05) is 0 Å². The van der Waals surface area contributed by atoms with Gasteiger partial charge in [-0.2, -0.15) is 0 Å². The highest BCUT2D eigenvalue weighted by molar-refractivity contribution is 9.10. The van der Waals surface area contributed by atoms with Gasteiger partial charge in [0.05, 0.1) is 16.6 Å². The van der Waals surface area contributed by atoms with Crippen molar-refractivity contribution in [3.8, 4) is 11.5 Å². The van der Waals surface area contributed by atoms with Crippen LogP contribution in [0.1, 0.15) is 22.8 Å². The third kappa shape index (κ3) is 3.74. The number of phenolic OH excluding ortho intramolecular Hbond substituents is 1. The lowest BCUT2D eigenvalue weighted by molar-refractivity contribution is 0.104. The number of allylic oxidation sites excluding steroid dienone is 1. The van der Waals surface area contributed by atoms with E-state index in [0.717, 1.165) is 0 Å². The van der Waals surface area contributed by atoms with E-state index in [1.54, 1.807) is 31.2 Å². The van der Waals surface area contributed by atoms with Crippen molar-refractivity contribution in [2.75, 3.05) is 6.61 Å². The monoisotopic (exact) mass is 364 g/mol. The first-order chi connectivity index (χ1) is 10.5. The molecule has 0 saturated heterocycles. The van der Waals surface area contributed by atoms with Crippen LogP contribution in [0.2, 0.25) is 0 Å². The molecule has 114 valence electrons. The molecule has 0 aliphatic rings. The molecule has 0 heterocycles. The van der Waals surface area contributed by atoms with Gasteiger partial charge >= 0.3 is 0 Å². The van der Waals surface area contributed by atoms with E-state index in [9.17, 15) is 14.3 Å². The van der Waals surface area contributed by atoms with Gasteiger partial charge in [0.15, 0.2) is 17.3 Å². The number of rotatable bonds is 5. The molecule has 0 radical (unpaired) electrons. The molecule has 0 atom stereocenters. The summed E-state index contributed by atoms with van der Waals surface area (Å²) in [5, 5.41) is 9.83. The standard InChI is InChI=1S/C17H14BrFO3/c1-2-22-16-10-11(9-13(18)17(16)21)7-8-15(20)12-5-3-4-6-14(12)19/h3-10,21H,2H2,1H3. The zero-order chi connectivity index (χ0) is 16.1. The first-order valence-electron chi connectivity index (χ1n) is 6.65. The predicted molar refractivity (Wildman–Crippen MR) is 86.7 cm³/mol. The maximum absolute atomic E-state index is 13.5. The zero-order valence-electron chi connectivity index (χ0n) is 11.8. The molecule has 2 rings (SSSR count). The van der Waals surface area contributed by atoms with Crippen LogP contribution in [0.25, 0.3) is 6.08 Å². The van der Waals surface area contributed by atoms with Crippen molar-refractivity contribution < 1.29 is 19.0 Å². The zero-order valence-corrected chi connectivity index (χ0v) is 13.4. The second-order valence-electron chi connectivity index (χ2n) is 4.46. The smallest absolute Gasteiger partial charge is 0.188 e. The predicted octanol–water partition coefficient (Wildman–Crippen LogP) is 4.59. The van der Waals surface area contributed by atoms with Crippen LogP contribution in [0.3, 0.4) is 0 Å². The number of carbonyl (C=O) groups is 1. The molecule has 1 N–H and O–H groups in total. The molecule has 2 aromatic carbocycles. The van der Waals surface area contributed by atoms with Crippen LogP contribution < -0.4 is 4.74 Å². The van der Waals surface area contributed by atoms with Crippen molar-refractivity contribution in [3.63, 3.8) is 0 Å². The normalized spacial score (nSPS) is 10.9. The summed E-state index contributed by atoms with van der Waals surface area (Å²) in [6.45, 7) is 2.21. The average Bonchev–Trinajstić information content (AvgIpc) is 2.50. The number of hydrogen-bond donors (Lipinski definition) is 1. The van der Waals surface area contributed by atoms with Crippen molar-refractivity contribution in [1.29, 1.82) is 0 Å². The fraction of sp³-hybridized carbons (Fsp3) is 0.118. The Bertz CT molecular complexity index is 726. The van der Waals surface area contributed by atoms with Gasteiger partial charge < -0.3 is 9.84 Å². The molecule has 0 aliphatic heterocycles. The number of ether oxygens (including phenoxy) is 1. The van der Waals surface area contributed by atoms with E-state index in [-0.39, 0.29) is 11.3 Å².